The van der Waals surface area contributed by atoms with Gasteiger partial charge in [0.05, 0.1) is 30.9 Å². The van der Waals surface area contributed by atoms with Crippen LogP contribution >= 0.6 is 0 Å². The van der Waals surface area contributed by atoms with E-state index < -0.39 is 23.6 Å². The molecule has 4 rings (SSSR count). The molecule has 2 heterocycles. The standard InChI is InChI=1S/C25H27F3N4O4/c26-25(27,28)18-9-6-16(7-10-18)8-11-20(33)29-14-21(34)31-12-13-32-19(15-31)22(23(30-32)24(35)36)17-4-2-1-3-5-17/h6-11,17H,1-5,12-15H2,(H,29,33)(H,35,36)/b11-8+. The molecule has 2 amide bonds. The van der Waals surface area contributed by atoms with E-state index in [0.29, 0.717) is 18.7 Å². The van der Waals surface area contributed by atoms with Crippen LogP contribution in [0.1, 0.15) is 70.9 Å². The molecule has 1 aliphatic carbocycles. The van der Waals surface area contributed by atoms with Crippen molar-refractivity contribution >= 4 is 23.9 Å². The SMILES string of the molecule is O=C(/C=C/c1ccc(C(F)(F)F)cc1)NCC(=O)N1CCn2nc(C(=O)O)c(C3CCCCC3)c2C1. The van der Waals surface area contributed by atoms with Gasteiger partial charge in [-0.05, 0) is 42.5 Å². The van der Waals surface area contributed by atoms with Crippen LogP contribution in [0.3, 0.4) is 0 Å². The number of nitrogens with one attached hydrogen (secondary N) is 1. The van der Waals surface area contributed by atoms with Crippen molar-refractivity contribution in [1.82, 2.24) is 20.0 Å². The number of fused-ring (bicyclic) bond motifs is 1. The van der Waals surface area contributed by atoms with Crippen LogP contribution in [0, 0.1) is 0 Å². The maximum Gasteiger partial charge on any atom is 0.416 e. The fourth-order valence-electron chi connectivity index (χ4n) is 4.82. The summed E-state index contributed by atoms with van der Waals surface area (Å²) in [7, 11) is 0. The summed E-state index contributed by atoms with van der Waals surface area (Å²) in [6.07, 6.45) is 3.07. The number of benzene rings is 1. The number of nitrogens with zero attached hydrogens (tertiary/aromatic N) is 3. The van der Waals surface area contributed by atoms with Gasteiger partial charge in [-0.15, -0.1) is 0 Å². The molecule has 0 bridgehead atoms. The average Bonchev–Trinajstić information content (AvgIpc) is 3.25. The third-order valence-electron chi connectivity index (χ3n) is 6.67. The molecule has 1 aromatic carbocycles. The predicted molar refractivity (Wildman–Crippen MR) is 124 cm³/mol. The highest BCUT2D eigenvalue weighted by molar-refractivity contribution is 5.94. The lowest BCUT2D eigenvalue weighted by Crippen LogP contribution is -2.44. The van der Waals surface area contributed by atoms with Crippen LogP contribution in [0.2, 0.25) is 0 Å². The maximum atomic E-state index is 12.8. The second kappa shape index (κ2) is 10.5. The first-order valence-electron chi connectivity index (χ1n) is 11.9. The number of halogens is 3. The lowest BCUT2D eigenvalue weighted by molar-refractivity contribution is -0.137. The highest BCUT2D eigenvalue weighted by Gasteiger charge is 2.33. The second-order valence-corrected chi connectivity index (χ2v) is 9.06. The molecule has 1 fully saturated rings. The zero-order valence-corrected chi connectivity index (χ0v) is 19.6. The fraction of sp³-hybridized carbons (Fsp3) is 0.440. The minimum atomic E-state index is -4.43. The summed E-state index contributed by atoms with van der Waals surface area (Å²) in [4.78, 5) is 38.3. The first-order valence-corrected chi connectivity index (χ1v) is 11.9. The Morgan fingerprint density at radius 3 is 2.42 bits per heavy atom. The van der Waals surface area contributed by atoms with Crippen molar-refractivity contribution in [3.05, 3.63) is 58.4 Å². The second-order valence-electron chi connectivity index (χ2n) is 9.06. The van der Waals surface area contributed by atoms with Crippen molar-refractivity contribution in [2.24, 2.45) is 0 Å². The predicted octanol–water partition coefficient (Wildman–Crippen LogP) is 3.82. The Morgan fingerprint density at radius 1 is 1.08 bits per heavy atom. The van der Waals surface area contributed by atoms with E-state index in [2.05, 4.69) is 10.4 Å². The van der Waals surface area contributed by atoms with Gasteiger partial charge < -0.3 is 15.3 Å². The van der Waals surface area contributed by atoms with Crippen LogP contribution in [0.15, 0.2) is 30.3 Å². The number of carboxylic acid groups (broad SMARTS) is 1. The molecule has 0 spiro atoms. The van der Waals surface area contributed by atoms with Gasteiger partial charge in [0.15, 0.2) is 5.69 Å². The van der Waals surface area contributed by atoms with Crippen LogP contribution in [-0.4, -0.2) is 50.7 Å². The number of carbonyl (C=O) groups is 3. The van der Waals surface area contributed by atoms with Crippen LogP contribution in [0.5, 0.6) is 0 Å². The quantitative estimate of drug-likeness (QED) is 0.582. The zero-order valence-electron chi connectivity index (χ0n) is 19.6. The van der Waals surface area contributed by atoms with Gasteiger partial charge in [-0.25, -0.2) is 4.79 Å². The number of aromatic carboxylic acids is 1. The Balaban J connectivity index is 1.36. The van der Waals surface area contributed by atoms with Crippen LogP contribution in [0.4, 0.5) is 13.2 Å². The number of carboxylic acids is 1. The van der Waals surface area contributed by atoms with Gasteiger partial charge in [0.25, 0.3) is 0 Å². The van der Waals surface area contributed by atoms with Crippen LogP contribution in [-0.2, 0) is 28.9 Å². The summed E-state index contributed by atoms with van der Waals surface area (Å²) in [5.41, 5.74) is 1.17. The molecular formula is C25H27F3N4O4. The van der Waals surface area contributed by atoms with Crippen molar-refractivity contribution in [3.8, 4) is 0 Å². The highest BCUT2D eigenvalue weighted by Crippen LogP contribution is 2.37. The Hall–Kier alpha value is -3.63. The van der Waals surface area contributed by atoms with Crippen molar-refractivity contribution in [2.75, 3.05) is 13.1 Å². The van der Waals surface area contributed by atoms with E-state index in [9.17, 15) is 32.7 Å². The summed E-state index contributed by atoms with van der Waals surface area (Å²) in [5, 5.41) is 16.5. The van der Waals surface area contributed by atoms with Gasteiger partial charge in [0, 0.05) is 18.2 Å². The number of alkyl halides is 3. The minimum absolute atomic E-state index is 0.0629. The summed E-state index contributed by atoms with van der Waals surface area (Å²) in [6.45, 7) is 0.681. The Labute approximate surface area is 205 Å². The first-order chi connectivity index (χ1) is 17.1. The van der Waals surface area contributed by atoms with Gasteiger partial charge in [-0.3, -0.25) is 14.3 Å². The largest absolute Gasteiger partial charge is 0.476 e. The molecule has 11 heteroatoms. The number of carbonyl (C=O) groups excluding carboxylic acids is 2. The van der Waals surface area contributed by atoms with E-state index in [1.54, 1.807) is 9.58 Å². The molecule has 1 aromatic heterocycles. The summed E-state index contributed by atoms with van der Waals surface area (Å²) in [6, 6.07) is 4.37. The van der Waals surface area contributed by atoms with Crippen molar-refractivity contribution < 1.29 is 32.7 Å². The molecule has 8 nitrogen and oxygen atoms in total. The topological polar surface area (TPSA) is 105 Å². The lowest BCUT2D eigenvalue weighted by atomic mass is 9.82. The van der Waals surface area contributed by atoms with Crippen LogP contribution < -0.4 is 5.32 Å². The maximum absolute atomic E-state index is 12.8. The van der Waals surface area contributed by atoms with Crippen molar-refractivity contribution in [3.63, 3.8) is 0 Å². The molecule has 192 valence electrons. The molecule has 2 aromatic rings. The van der Waals surface area contributed by atoms with Gasteiger partial charge in [-0.1, -0.05) is 31.4 Å². The normalized spacial score (nSPS) is 16.7. The third kappa shape index (κ3) is 5.77. The Morgan fingerprint density at radius 2 is 1.78 bits per heavy atom. The fourth-order valence-corrected chi connectivity index (χ4v) is 4.82. The van der Waals surface area contributed by atoms with Crippen molar-refractivity contribution in [2.45, 2.75) is 57.3 Å². The van der Waals surface area contributed by atoms with E-state index in [1.165, 1.54) is 18.2 Å². The van der Waals surface area contributed by atoms with E-state index in [4.69, 9.17) is 0 Å². The van der Waals surface area contributed by atoms with Gasteiger partial charge in [0.2, 0.25) is 11.8 Å². The number of hydrogen-bond donors (Lipinski definition) is 2. The molecule has 0 atom stereocenters. The van der Waals surface area contributed by atoms with E-state index in [-0.39, 0.29) is 30.6 Å². The van der Waals surface area contributed by atoms with Gasteiger partial charge in [0.1, 0.15) is 0 Å². The molecular weight excluding hydrogens is 477 g/mol. The first kappa shape index (κ1) is 25.5. The monoisotopic (exact) mass is 504 g/mol. The number of aromatic nitrogens is 2. The Bertz CT molecular complexity index is 1170. The number of rotatable bonds is 6. The van der Waals surface area contributed by atoms with E-state index in [0.717, 1.165) is 61.6 Å². The molecule has 0 radical (unpaired) electrons. The van der Waals surface area contributed by atoms with E-state index >= 15 is 0 Å². The molecule has 1 aliphatic heterocycles. The molecule has 2 N–H and O–H groups in total. The van der Waals surface area contributed by atoms with Crippen molar-refractivity contribution in [1.29, 1.82) is 0 Å². The average molecular weight is 505 g/mol. The lowest BCUT2D eigenvalue weighted by Gasteiger charge is -2.30. The summed E-state index contributed by atoms with van der Waals surface area (Å²) < 4.78 is 39.6. The minimum Gasteiger partial charge on any atom is -0.476 e. The molecule has 0 unspecified atom stereocenters. The summed E-state index contributed by atoms with van der Waals surface area (Å²) >= 11 is 0. The molecule has 0 saturated heterocycles. The third-order valence-corrected chi connectivity index (χ3v) is 6.67. The molecule has 1 saturated carbocycles. The molecule has 36 heavy (non-hydrogen) atoms. The number of hydrogen-bond acceptors (Lipinski definition) is 4. The van der Waals surface area contributed by atoms with E-state index in [1.807, 2.05) is 0 Å². The Kier molecular flexibility index (Phi) is 7.46. The highest BCUT2D eigenvalue weighted by atomic mass is 19.4. The zero-order chi connectivity index (χ0) is 25.9. The summed E-state index contributed by atoms with van der Waals surface area (Å²) in [5.74, 6) is -1.83. The van der Waals surface area contributed by atoms with Crippen LogP contribution in [0.25, 0.3) is 6.08 Å². The molecule has 2 aliphatic rings. The number of amides is 2. The smallest absolute Gasteiger partial charge is 0.416 e. The van der Waals surface area contributed by atoms with Gasteiger partial charge >= 0.3 is 12.1 Å². The van der Waals surface area contributed by atoms with Gasteiger partial charge in [-0.2, -0.15) is 18.3 Å².